The number of rotatable bonds is 5. The second-order valence-corrected chi connectivity index (χ2v) is 6.34. The number of hydrazone groups is 1. The van der Waals surface area contributed by atoms with Crippen LogP contribution in [0.5, 0.6) is 11.5 Å². The molecular weight excluding hydrogens is 402 g/mol. The van der Waals surface area contributed by atoms with E-state index in [1.165, 1.54) is 6.21 Å². The van der Waals surface area contributed by atoms with Crippen LogP contribution in [0.4, 0.5) is 0 Å². The first kappa shape index (κ1) is 17.9. The number of nitrogens with one attached hydrogen (secondary N) is 2. The zero-order valence-electron chi connectivity index (χ0n) is 13.6. The fourth-order valence-corrected chi connectivity index (χ4v) is 2.46. The predicted octanol–water partition coefficient (Wildman–Crippen LogP) is 1.86. The van der Waals surface area contributed by atoms with E-state index < -0.39 is 17.9 Å². The van der Waals surface area contributed by atoms with Gasteiger partial charge >= 0.3 is 0 Å². The molecule has 3 rings (SSSR count). The van der Waals surface area contributed by atoms with Crippen LogP contribution < -0.4 is 20.2 Å². The van der Waals surface area contributed by atoms with Crippen LogP contribution in [0, 0.1) is 0 Å². The van der Waals surface area contributed by atoms with E-state index in [9.17, 15) is 9.59 Å². The van der Waals surface area contributed by atoms with Crippen LogP contribution in [0.3, 0.4) is 0 Å². The van der Waals surface area contributed by atoms with Crippen LogP contribution >= 0.6 is 15.9 Å². The van der Waals surface area contributed by atoms with E-state index in [2.05, 4.69) is 31.8 Å². The third kappa shape index (κ3) is 4.82. The highest BCUT2D eigenvalue weighted by Gasteiger charge is 2.27. The van der Waals surface area contributed by atoms with Crippen LogP contribution in [-0.2, 0) is 9.59 Å². The summed E-state index contributed by atoms with van der Waals surface area (Å²) in [4.78, 5) is 23.9. The largest absolute Gasteiger partial charge is 0.485 e. The minimum atomic E-state index is -0.802. The van der Waals surface area contributed by atoms with Crippen molar-refractivity contribution in [2.75, 3.05) is 13.2 Å². The van der Waals surface area contributed by atoms with Crippen LogP contribution in [0.25, 0.3) is 0 Å². The summed E-state index contributed by atoms with van der Waals surface area (Å²) in [5.41, 5.74) is 3.19. The zero-order chi connectivity index (χ0) is 18.4. The fraction of sp³-hybridized carbons (Fsp3) is 0.167. The van der Waals surface area contributed by atoms with Gasteiger partial charge in [-0.25, -0.2) is 5.43 Å². The predicted molar refractivity (Wildman–Crippen MR) is 99.2 cm³/mol. The molecule has 134 valence electrons. The number of para-hydroxylation sites is 2. The number of carbonyl (C=O) groups is 2. The molecule has 0 saturated carbocycles. The minimum absolute atomic E-state index is 0.0895. The summed E-state index contributed by atoms with van der Waals surface area (Å²) in [6.45, 7) is -0.121. The first-order valence-electron chi connectivity index (χ1n) is 7.85. The number of amides is 2. The summed E-state index contributed by atoms with van der Waals surface area (Å²) in [5, 5.41) is 6.35. The Morgan fingerprint density at radius 1 is 1.15 bits per heavy atom. The van der Waals surface area contributed by atoms with Gasteiger partial charge in [-0.15, -0.1) is 0 Å². The molecule has 0 radical (unpaired) electrons. The fourth-order valence-electron chi connectivity index (χ4n) is 2.20. The highest BCUT2D eigenvalue weighted by molar-refractivity contribution is 9.10. The summed E-state index contributed by atoms with van der Waals surface area (Å²) in [7, 11) is 0. The number of hydrogen-bond donors (Lipinski definition) is 2. The van der Waals surface area contributed by atoms with Gasteiger partial charge in [0.15, 0.2) is 11.5 Å². The topological polar surface area (TPSA) is 89.0 Å². The number of halogens is 1. The van der Waals surface area contributed by atoms with Crippen molar-refractivity contribution in [2.24, 2.45) is 5.10 Å². The SMILES string of the molecule is O=C(CNC(=O)[C@H]1COc2ccccc2O1)N/N=C\c1ccc(Br)cc1. The molecule has 0 aliphatic carbocycles. The second kappa shape index (κ2) is 8.48. The molecule has 0 fully saturated rings. The molecule has 2 N–H and O–H groups in total. The van der Waals surface area contributed by atoms with Crippen molar-refractivity contribution >= 4 is 34.0 Å². The maximum atomic E-state index is 12.1. The van der Waals surface area contributed by atoms with E-state index in [4.69, 9.17) is 9.47 Å². The van der Waals surface area contributed by atoms with E-state index in [0.29, 0.717) is 11.5 Å². The van der Waals surface area contributed by atoms with Crippen molar-refractivity contribution in [1.29, 1.82) is 0 Å². The van der Waals surface area contributed by atoms with E-state index in [1.54, 1.807) is 18.2 Å². The second-order valence-electron chi connectivity index (χ2n) is 5.43. The Morgan fingerprint density at radius 3 is 2.65 bits per heavy atom. The van der Waals surface area contributed by atoms with E-state index in [0.717, 1.165) is 10.0 Å². The van der Waals surface area contributed by atoms with E-state index in [-0.39, 0.29) is 13.2 Å². The third-order valence-corrected chi connectivity index (χ3v) is 4.03. The van der Waals surface area contributed by atoms with Gasteiger partial charge in [0, 0.05) is 4.47 Å². The quantitative estimate of drug-likeness (QED) is 0.573. The molecule has 1 heterocycles. The third-order valence-electron chi connectivity index (χ3n) is 3.50. The molecule has 7 nitrogen and oxygen atoms in total. The summed E-state index contributed by atoms with van der Waals surface area (Å²) in [5.74, 6) is 0.231. The van der Waals surface area contributed by atoms with Crippen molar-refractivity contribution in [3.8, 4) is 11.5 Å². The maximum Gasteiger partial charge on any atom is 0.265 e. The molecule has 0 saturated heterocycles. The highest BCUT2D eigenvalue weighted by Crippen LogP contribution is 2.30. The van der Waals surface area contributed by atoms with Crippen LogP contribution in [-0.4, -0.2) is 37.3 Å². The molecule has 0 unspecified atom stereocenters. The van der Waals surface area contributed by atoms with Crippen LogP contribution in [0.2, 0.25) is 0 Å². The molecule has 0 aromatic heterocycles. The standard InChI is InChI=1S/C18H16BrN3O4/c19-13-7-5-12(6-8-13)9-21-22-17(23)10-20-18(24)16-11-25-14-3-1-2-4-15(14)26-16/h1-9,16H,10-11H2,(H,20,24)(H,22,23)/b21-9-/t16-/m1/s1. The number of benzene rings is 2. The normalized spacial score (nSPS) is 15.5. The molecule has 2 aromatic rings. The number of nitrogens with zero attached hydrogens (tertiary/aromatic N) is 1. The lowest BCUT2D eigenvalue weighted by molar-refractivity contribution is -0.132. The average Bonchev–Trinajstić information content (AvgIpc) is 2.67. The molecule has 0 spiro atoms. The lowest BCUT2D eigenvalue weighted by atomic mass is 10.2. The summed E-state index contributed by atoms with van der Waals surface area (Å²) >= 11 is 3.34. The Hall–Kier alpha value is -2.87. The Bertz CT molecular complexity index is 823. The first-order chi connectivity index (χ1) is 12.6. The molecular formula is C18H16BrN3O4. The van der Waals surface area contributed by atoms with Crippen molar-refractivity contribution in [3.05, 3.63) is 58.6 Å². The monoisotopic (exact) mass is 417 g/mol. The molecule has 2 aromatic carbocycles. The van der Waals surface area contributed by atoms with Crippen molar-refractivity contribution in [3.63, 3.8) is 0 Å². The lowest BCUT2D eigenvalue weighted by Gasteiger charge is -2.25. The summed E-state index contributed by atoms with van der Waals surface area (Å²) in [6.07, 6.45) is 0.713. The van der Waals surface area contributed by atoms with Gasteiger partial charge < -0.3 is 14.8 Å². The molecule has 26 heavy (non-hydrogen) atoms. The molecule has 1 aliphatic heterocycles. The lowest BCUT2D eigenvalue weighted by Crippen LogP contribution is -2.46. The van der Waals surface area contributed by atoms with Gasteiger partial charge in [-0.05, 0) is 29.8 Å². The number of hydrogen-bond acceptors (Lipinski definition) is 5. The molecule has 0 bridgehead atoms. The van der Waals surface area contributed by atoms with Crippen LogP contribution in [0.15, 0.2) is 58.1 Å². The summed E-state index contributed by atoms with van der Waals surface area (Å²) in [6, 6.07) is 14.5. The molecule has 8 heteroatoms. The van der Waals surface area contributed by atoms with Crippen molar-refractivity contribution in [1.82, 2.24) is 10.7 Å². The van der Waals surface area contributed by atoms with E-state index in [1.807, 2.05) is 30.3 Å². The van der Waals surface area contributed by atoms with Gasteiger partial charge in [0.05, 0.1) is 12.8 Å². The van der Waals surface area contributed by atoms with Crippen molar-refractivity contribution < 1.29 is 19.1 Å². The van der Waals surface area contributed by atoms with Gasteiger partial charge in [-0.3, -0.25) is 9.59 Å². The first-order valence-corrected chi connectivity index (χ1v) is 8.65. The van der Waals surface area contributed by atoms with Gasteiger partial charge in [-0.1, -0.05) is 40.2 Å². The minimum Gasteiger partial charge on any atom is -0.485 e. The molecule has 1 aliphatic rings. The van der Waals surface area contributed by atoms with E-state index >= 15 is 0 Å². The number of fused-ring (bicyclic) bond motifs is 1. The van der Waals surface area contributed by atoms with Crippen molar-refractivity contribution in [2.45, 2.75) is 6.10 Å². The average molecular weight is 418 g/mol. The molecule has 1 atom stereocenters. The van der Waals surface area contributed by atoms with Gasteiger partial charge in [0.25, 0.3) is 11.8 Å². The smallest absolute Gasteiger partial charge is 0.265 e. The highest BCUT2D eigenvalue weighted by atomic mass is 79.9. The Balaban J connectivity index is 1.43. The van der Waals surface area contributed by atoms with Gasteiger partial charge in [0.1, 0.15) is 6.61 Å². The molecule has 2 amide bonds. The number of ether oxygens (including phenoxy) is 2. The van der Waals surface area contributed by atoms with Crippen LogP contribution in [0.1, 0.15) is 5.56 Å². The Morgan fingerprint density at radius 2 is 1.88 bits per heavy atom. The van der Waals surface area contributed by atoms with Gasteiger partial charge in [0.2, 0.25) is 6.10 Å². The zero-order valence-corrected chi connectivity index (χ0v) is 15.2. The number of carbonyl (C=O) groups excluding carboxylic acids is 2. The Labute approximate surface area is 158 Å². The Kier molecular flexibility index (Phi) is 5.85. The maximum absolute atomic E-state index is 12.1. The van der Waals surface area contributed by atoms with Gasteiger partial charge in [-0.2, -0.15) is 5.10 Å². The summed E-state index contributed by atoms with van der Waals surface area (Å²) < 4.78 is 12.0.